The zero-order valence-electron chi connectivity index (χ0n) is 15.9. The molecular formula is C20H20ClN5O3. The Morgan fingerprint density at radius 1 is 1.24 bits per heavy atom. The molecule has 0 atom stereocenters. The maximum atomic E-state index is 12.9. The molecule has 1 amide bonds. The highest BCUT2D eigenvalue weighted by Gasteiger charge is 2.23. The highest BCUT2D eigenvalue weighted by molar-refractivity contribution is 6.33. The van der Waals surface area contributed by atoms with Crippen molar-refractivity contribution in [1.82, 2.24) is 20.4 Å². The minimum Gasteiger partial charge on any atom is -0.378 e. The number of carbonyl (C=O) groups is 1. The van der Waals surface area contributed by atoms with Crippen LogP contribution in [0.4, 0.5) is 5.95 Å². The fourth-order valence-corrected chi connectivity index (χ4v) is 3.36. The van der Waals surface area contributed by atoms with E-state index in [1.807, 2.05) is 12.1 Å². The Kier molecular flexibility index (Phi) is 5.73. The van der Waals surface area contributed by atoms with Crippen LogP contribution in [0, 0.1) is 6.92 Å². The van der Waals surface area contributed by atoms with Crippen molar-refractivity contribution in [3.05, 3.63) is 58.6 Å². The largest absolute Gasteiger partial charge is 0.378 e. The van der Waals surface area contributed by atoms with Gasteiger partial charge in [-0.05, 0) is 19.1 Å². The molecule has 0 aliphatic carbocycles. The lowest BCUT2D eigenvalue weighted by molar-refractivity contribution is 0.0949. The molecule has 1 aliphatic rings. The van der Waals surface area contributed by atoms with Crippen molar-refractivity contribution in [2.75, 3.05) is 31.2 Å². The Morgan fingerprint density at radius 2 is 2.03 bits per heavy atom. The zero-order chi connectivity index (χ0) is 20.2. The Morgan fingerprint density at radius 3 is 2.83 bits per heavy atom. The van der Waals surface area contributed by atoms with Gasteiger partial charge in [0.2, 0.25) is 5.95 Å². The van der Waals surface area contributed by atoms with Crippen molar-refractivity contribution in [3.8, 4) is 11.3 Å². The highest BCUT2D eigenvalue weighted by atomic mass is 35.5. The van der Waals surface area contributed by atoms with E-state index in [9.17, 15) is 4.79 Å². The van der Waals surface area contributed by atoms with Crippen LogP contribution in [0.15, 0.2) is 41.1 Å². The summed E-state index contributed by atoms with van der Waals surface area (Å²) in [6.07, 6.45) is 1.69. The van der Waals surface area contributed by atoms with Crippen LogP contribution in [-0.2, 0) is 11.3 Å². The van der Waals surface area contributed by atoms with Crippen LogP contribution in [-0.4, -0.2) is 47.3 Å². The second-order valence-electron chi connectivity index (χ2n) is 6.57. The number of halogens is 1. The second kappa shape index (κ2) is 8.59. The Balaban J connectivity index is 1.50. The predicted molar refractivity (Wildman–Crippen MR) is 108 cm³/mol. The maximum Gasteiger partial charge on any atom is 0.257 e. The van der Waals surface area contributed by atoms with Gasteiger partial charge in [0, 0.05) is 24.8 Å². The van der Waals surface area contributed by atoms with E-state index < -0.39 is 0 Å². The molecule has 8 nitrogen and oxygen atoms in total. The van der Waals surface area contributed by atoms with Gasteiger partial charge >= 0.3 is 0 Å². The molecule has 9 heteroatoms. The summed E-state index contributed by atoms with van der Waals surface area (Å²) in [4.78, 5) is 23.8. The van der Waals surface area contributed by atoms with Crippen LogP contribution < -0.4 is 10.2 Å². The number of anilines is 1. The van der Waals surface area contributed by atoms with Crippen molar-refractivity contribution in [2.45, 2.75) is 13.5 Å². The van der Waals surface area contributed by atoms with Gasteiger partial charge in [-0.3, -0.25) is 4.79 Å². The van der Waals surface area contributed by atoms with E-state index >= 15 is 0 Å². The fourth-order valence-electron chi connectivity index (χ4n) is 3.13. The summed E-state index contributed by atoms with van der Waals surface area (Å²) in [5.41, 5.74) is 2.14. The Bertz CT molecular complexity index is 1020. The van der Waals surface area contributed by atoms with Crippen LogP contribution in [0.3, 0.4) is 0 Å². The molecule has 3 heterocycles. The number of hydrogen-bond donors (Lipinski definition) is 1. The molecule has 150 valence electrons. The number of aromatic nitrogens is 3. The van der Waals surface area contributed by atoms with Crippen molar-refractivity contribution in [2.24, 2.45) is 0 Å². The number of morpholine rings is 1. The summed E-state index contributed by atoms with van der Waals surface area (Å²) in [6.45, 7) is 4.76. The van der Waals surface area contributed by atoms with Crippen molar-refractivity contribution in [3.63, 3.8) is 0 Å². The standard InChI is InChI=1S/C20H20ClN5O3/c1-13-17(18(25-29-13)15-4-2-3-5-16(15)21)19(27)23-12-14-6-7-22-20(24-14)26-8-10-28-11-9-26/h2-7H,8-12H2,1H3,(H,23,27). The van der Waals surface area contributed by atoms with Crippen molar-refractivity contribution >= 4 is 23.5 Å². The van der Waals surface area contributed by atoms with E-state index in [4.69, 9.17) is 20.9 Å². The van der Waals surface area contributed by atoms with Gasteiger partial charge in [-0.25, -0.2) is 9.97 Å². The molecule has 2 aromatic heterocycles. The van der Waals surface area contributed by atoms with Gasteiger partial charge in [-0.15, -0.1) is 0 Å². The number of rotatable bonds is 5. The minimum absolute atomic E-state index is 0.255. The number of ether oxygens (including phenoxy) is 1. The molecule has 4 rings (SSSR count). The third kappa shape index (κ3) is 4.23. The minimum atomic E-state index is -0.301. The third-order valence-electron chi connectivity index (χ3n) is 4.64. The number of nitrogens with zero attached hydrogens (tertiary/aromatic N) is 4. The summed E-state index contributed by atoms with van der Waals surface area (Å²) in [5, 5.41) is 7.42. The lowest BCUT2D eigenvalue weighted by Crippen LogP contribution is -2.37. The molecule has 1 saturated heterocycles. The van der Waals surface area contributed by atoms with Gasteiger partial charge in [0.25, 0.3) is 5.91 Å². The quantitative estimate of drug-likeness (QED) is 0.687. The molecule has 3 aromatic rings. The highest BCUT2D eigenvalue weighted by Crippen LogP contribution is 2.30. The second-order valence-corrected chi connectivity index (χ2v) is 6.98. The first-order valence-electron chi connectivity index (χ1n) is 9.27. The van der Waals surface area contributed by atoms with Gasteiger partial charge in [0.15, 0.2) is 0 Å². The smallest absolute Gasteiger partial charge is 0.257 e. The lowest BCUT2D eigenvalue weighted by atomic mass is 10.1. The van der Waals surface area contributed by atoms with Crippen LogP contribution in [0.5, 0.6) is 0 Å². The van der Waals surface area contributed by atoms with Crippen LogP contribution in [0.1, 0.15) is 21.8 Å². The van der Waals surface area contributed by atoms with Crippen LogP contribution in [0.2, 0.25) is 5.02 Å². The van der Waals surface area contributed by atoms with E-state index in [1.165, 1.54) is 0 Å². The monoisotopic (exact) mass is 413 g/mol. The summed E-state index contributed by atoms with van der Waals surface area (Å²) < 4.78 is 10.6. The van der Waals surface area contributed by atoms with E-state index in [-0.39, 0.29) is 12.5 Å². The summed E-state index contributed by atoms with van der Waals surface area (Å²) in [6, 6.07) is 8.98. The number of amides is 1. The van der Waals surface area contributed by atoms with E-state index in [0.717, 1.165) is 13.1 Å². The SMILES string of the molecule is Cc1onc(-c2ccccc2Cl)c1C(=O)NCc1ccnc(N2CCOCC2)n1. The summed E-state index contributed by atoms with van der Waals surface area (Å²) in [5.74, 6) is 0.761. The maximum absolute atomic E-state index is 12.9. The molecule has 29 heavy (non-hydrogen) atoms. The van der Waals surface area contributed by atoms with Gasteiger partial charge in [0.05, 0.1) is 30.5 Å². The zero-order valence-corrected chi connectivity index (χ0v) is 16.6. The van der Waals surface area contributed by atoms with Gasteiger partial charge in [0.1, 0.15) is 17.0 Å². The Hall–Kier alpha value is -2.97. The molecule has 0 bridgehead atoms. The molecule has 0 saturated carbocycles. The molecule has 0 spiro atoms. The first-order valence-corrected chi connectivity index (χ1v) is 9.65. The van der Waals surface area contributed by atoms with Crippen LogP contribution >= 0.6 is 11.6 Å². The molecule has 1 N–H and O–H groups in total. The third-order valence-corrected chi connectivity index (χ3v) is 4.97. The van der Waals surface area contributed by atoms with Gasteiger partial charge in [-0.2, -0.15) is 0 Å². The van der Waals surface area contributed by atoms with E-state index in [0.29, 0.717) is 52.5 Å². The molecular weight excluding hydrogens is 394 g/mol. The predicted octanol–water partition coefficient (Wildman–Crippen LogP) is 2.86. The van der Waals surface area contributed by atoms with Crippen molar-refractivity contribution in [1.29, 1.82) is 0 Å². The number of aryl methyl sites for hydroxylation is 1. The summed E-state index contributed by atoms with van der Waals surface area (Å²) >= 11 is 6.26. The number of nitrogens with one attached hydrogen (secondary N) is 1. The van der Waals surface area contributed by atoms with Crippen LogP contribution in [0.25, 0.3) is 11.3 Å². The number of benzene rings is 1. The normalized spacial score (nSPS) is 14.1. The first kappa shape index (κ1) is 19.4. The average molecular weight is 414 g/mol. The molecule has 0 unspecified atom stereocenters. The molecule has 1 fully saturated rings. The van der Waals surface area contributed by atoms with E-state index in [2.05, 4.69) is 25.3 Å². The molecule has 0 radical (unpaired) electrons. The fraction of sp³-hybridized carbons (Fsp3) is 0.300. The number of carbonyl (C=O) groups excluding carboxylic acids is 1. The lowest BCUT2D eigenvalue weighted by Gasteiger charge is -2.26. The summed E-state index contributed by atoms with van der Waals surface area (Å²) in [7, 11) is 0. The Labute approximate surface area is 172 Å². The number of hydrogen-bond acceptors (Lipinski definition) is 7. The topological polar surface area (TPSA) is 93.4 Å². The molecule has 1 aliphatic heterocycles. The molecule has 1 aromatic carbocycles. The van der Waals surface area contributed by atoms with Crippen molar-refractivity contribution < 1.29 is 14.1 Å². The first-order chi connectivity index (χ1) is 14.1. The van der Waals surface area contributed by atoms with Gasteiger partial charge < -0.3 is 19.5 Å². The van der Waals surface area contributed by atoms with Gasteiger partial charge in [-0.1, -0.05) is 35.0 Å². The average Bonchev–Trinajstić information content (AvgIpc) is 3.14. The van der Waals surface area contributed by atoms with E-state index in [1.54, 1.807) is 31.3 Å².